The van der Waals surface area contributed by atoms with Crippen LogP contribution in [0.25, 0.3) is 0 Å². The van der Waals surface area contributed by atoms with Crippen molar-refractivity contribution in [3.63, 3.8) is 0 Å². The minimum Gasteiger partial charge on any atom is -0.381 e. The van der Waals surface area contributed by atoms with E-state index in [9.17, 15) is 4.79 Å². The molecule has 0 radical (unpaired) electrons. The molecule has 1 atom stereocenters. The Hall–Kier alpha value is -1.40. The van der Waals surface area contributed by atoms with E-state index in [2.05, 4.69) is 23.9 Å². The number of carbonyl (C=O) groups is 1. The van der Waals surface area contributed by atoms with Gasteiger partial charge in [-0.1, -0.05) is 19.0 Å². The lowest BCUT2D eigenvalue weighted by Crippen LogP contribution is -2.48. The van der Waals surface area contributed by atoms with Crippen molar-refractivity contribution >= 4 is 5.91 Å². The maximum Gasteiger partial charge on any atom is 0.227 e. The van der Waals surface area contributed by atoms with Crippen LogP contribution in [-0.4, -0.2) is 60.3 Å². The van der Waals surface area contributed by atoms with Crippen LogP contribution in [0, 0.1) is 5.92 Å². The molecule has 2 aliphatic heterocycles. The molecule has 0 saturated carbocycles. The molecule has 0 N–H and O–H groups in total. The van der Waals surface area contributed by atoms with Gasteiger partial charge in [0.25, 0.3) is 0 Å². The van der Waals surface area contributed by atoms with Gasteiger partial charge >= 0.3 is 0 Å². The summed E-state index contributed by atoms with van der Waals surface area (Å²) in [6, 6.07) is 2.54. The van der Waals surface area contributed by atoms with Crippen molar-refractivity contribution in [3.8, 4) is 0 Å². The van der Waals surface area contributed by atoms with E-state index in [-0.39, 0.29) is 11.8 Å². The molecule has 2 saturated heterocycles. The van der Waals surface area contributed by atoms with Crippen LogP contribution in [0.3, 0.4) is 0 Å². The van der Waals surface area contributed by atoms with E-state index >= 15 is 0 Å². The molecule has 1 aromatic heterocycles. The fourth-order valence-electron chi connectivity index (χ4n) is 3.90. The fourth-order valence-corrected chi connectivity index (χ4v) is 3.90. The van der Waals surface area contributed by atoms with Gasteiger partial charge in [-0.2, -0.15) is 0 Å². The van der Waals surface area contributed by atoms with Crippen molar-refractivity contribution in [1.82, 2.24) is 15.0 Å². The molecule has 0 bridgehead atoms. The normalized spacial score (nSPS) is 23.1. The first-order valence-corrected chi connectivity index (χ1v) is 9.57. The summed E-state index contributed by atoms with van der Waals surface area (Å²) in [6.45, 7) is 8.36. The van der Waals surface area contributed by atoms with Crippen molar-refractivity contribution in [2.45, 2.75) is 58.0 Å². The second kappa shape index (κ2) is 8.32. The van der Waals surface area contributed by atoms with Gasteiger partial charge in [0.15, 0.2) is 0 Å². The average Bonchev–Trinajstić information content (AvgIpc) is 3.11. The van der Waals surface area contributed by atoms with Gasteiger partial charge in [0.05, 0.1) is 12.5 Å². The molecular formula is C19H31N3O3. The largest absolute Gasteiger partial charge is 0.381 e. The lowest BCUT2D eigenvalue weighted by atomic mass is 9.93. The molecule has 0 aromatic carbocycles. The van der Waals surface area contributed by atoms with E-state index in [1.165, 1.54) is 0 Å². The first kappa shape index (κ1) is 18.4. The Kier molecular flexibility index (Phi) is 6.12. The van der Waals surface area contributed by atoms with Crippen LogP contribution in [0.4, 0.5) is 0 Å². The van der Waals surface area contributed by atoms with E-state index in [0.717, 1.165) is 63.4 Å². The number of piperidine rings is 1. The highest BCUT2D eigenvalue weighted by Gasteiger charge is 2.32. The van der Waals surface area contributed by atoms with Crippen LogP contribution < -0.4 is 0 Å². The molecule has 0 spiro atoms. The number of aromatic nitrogens is 1. The zero-order valence-electron chi connectivity index (χ0n) is 15.7. The van der Waals surface area contributed by atoms with E-state index in [0.29, 0.717) is 18.5 Å². The third-order valence-corrected chi connectivity index (χ3v) is 5.43. The molecule has 6 nitrogen and oxygen atoms in total. The molecule has 0 aliphatic carbocycles. The average molecular weight is 349 g/mol. The minimum absolute atomic E-state index is 0.0954. The Bertz CT molecular complexity index is 566. The molecule has 3 heterocycles. The predicted octanol–water partition coefficient (Wildman–Crippen LogP) is 2.65. The van der Waals surface area contributed by atoms with E-state index in [1.54, 1.807) is 4.90 Å². The number of rotatable bonds is 5. The highest BCUT2D eigenvalue weighted by atomic mass is 16.5. The predicted molar refractivity (Wildman–Crippen MR) is 95.2 cm³/mol. The van der Waals surface area contributed by atoms with Crippen molar-refractivity contribution in [3.05, 3.63) is 17.5 Å². The molecule has 140 valence electrons. The van der Waals surface area contributed by atoms with Gasteiger partial charge < -0.3 is 14.2 Å². The molecule has 25 heavy (non-hydrogen) atoms. The molecule has 1 unspecified atom stereocenters. The zero-order chi connectivity index (χ0) is 17.8. The number of hydrogen-bond acceptors (Lipinski definition) is 5. The van der Waals surface area contributed by atoms with E-state index in [1.807, 2.05) is 13.1 Å². The summed E-state index contributed by atoms with van der Waals surface area (Å²) in [4.78, 5) is 17.2. The van der Waals surface area contributed by atoms with E-state index < -0.39 is 0 Å². The summed E-state index contributed by atoms with van der Waals surface area (Å²) in [6.07, 6.45) is 4.27. The molecule has 1 aromatic rings. The van der Waals surface area contributed by atoms with Crippen molar-refractivity contribution in [2.24, 2.45) is 5.92 Å². The summed E-state index contributed by atoms with van der Waals surface area (Å²) in [5, 5.41) is 4.10. The monoisotopic (exact) mass is 349 g/mol. The lowest BCUT2D eigenvalue weighted by molar-refractivity contribution is -0.137. The van der Waals surface area contributed by atoms with Gasteiger partial charge in [0.1, 0.15) is 11.5 Å². The van der Waals surface area contributed by atoms with Gasteiger partial charge in [-0.25, -0.2) is 0 Å². The summed E-state index contributed by atoms with van der Waals surface area (Å²) in [5.74, 6) is 1.51. The molecule has 2 aliphatic rings. The van der Waals surface area contributed by atoms with Gasteiger partial charge in [-0.3, -0.25) is 9.69 Å². The Balaban J connectivity index is 1.55. The quantitative estimate of drug-likeness (QED) is 0.818. The number of carbonyl (C=O) groups excluding carboxylic acids is 1. The zero-order valence-corrected chi connectivity index (χ0v) is 15.7. The van der Waals surface area contributed by atoms with Crippen LogP contribution in [0.5, 0.6) is 0 Å². The summed E-state index contributed by atoms with van der Waals surface area (Å²) in [5.41, 5.74) is 0.830. The Labute approximate surface area is 150 Å². The van der Waals surface area contributed by atoms with Gasteiger partial charge in [0, 0.05) is 44.8 Å². The number of hydrogen-bond donors (Lipinski definition) is 0. The Morgan fingerprint density at radius 2 is 2.12 bits per heavy atom. The van der Waals surface area contributed by atoms with Crippen LogP contribution >= 0.6 is 0 Å². The topological polar surface area (TPSA) is 58.8 Å². The number of ether oxygens (including phenoxy) is 1. The first-order valence-electron chi connectivity index (χ1n) is 9.57. The summed E-state index contributed by atoms with van der Waals surface area (Å²) in [7, 11) is 1.87. The highest BCUT2D eigenvalue weighted by molar-refractivity contribution is 5.78. The van der Waals surface area contributed by atoms with Crippen LogP contribution in [0.2, 0.25) is 0 Å². The SMILES string of the molecule is CC(C)c1cc(CN(C)C(=O)C2CCCN(C3CCOCC3)C2)no1. The van der Waals surface area contributed by atoms with Crippen molar-refractivity contribution < 1.29 is 14.1 Å². The minimum atomic E-state index is 0.0954. The summed E-state index contributed by atoms with van der Waals surface area (Å²) >= 11 is 0. The standard InChI is InChI=1S/C19H31N3O3/c1-14(2)18-11-16(20-25-18)13-21(3)19(23)15-5-4-8-22(12-15)17-6-9-24-10-7-17/h11,14-15,17H,4-10,12-13H2,1-3H3. The number of amides is 1. The maximum atomic E-state index is 12.9. The van der Waals surface area contributed by atoms with Crippen molar-refractivity contribution in [2.75, 3.05) is 33.4 Å². The number of nitrogens with zero attached hydrogens (tertiary/aromatic N) is 3. The third kappa shape index (κ3) is 4.61. The van der Waals surface area contributed by atoms with Crippen LogP contribution in [-0.2, 0) is 16.1 Å². The van der Waals surface area contributed by atoms with Gasteiger partial charge in [0.2, 0.25) is 5.91 Å². The van der Waals surface area contributed by atoms with E-state index in [4.69, 9.17) is 9.26 Å². The first-order chi connectivity index (χ1) is 12.0. The molecule has 6 heteroatoms. The molecule has 1 amide bonds. The highest BCUT2D eigenvalue weighted by Crippen LogP contribution is 2.25. The molecular weight excluding hydrogens is 318 g/mol. The van der Waals surface area contributed by atoms with Crippen LogP contribution in [0.1, 0.15) is 56.9 Å². The summed E-state index contributed by atoms with van der Waals surface area (Å²) < 4.78 is 10.8. The van der Waals surface area contributed by atoms with Crippen molar-refractivity contribution in [1.29, 1.82) is 0 Å². The number of likely N-dealkylation sites (tertiary alicyclic amines) is 1. The Morgan fingerprint density at radius 3 is 2.80 bits per heavy atom. The lowest BCUT2D eigenvalue weighted by Gasteiger charge is -2.40. The van der Waals surface area contributed by atoms with Gasteiger partial charge in [-0.05, 0) is 32.2 Å². The Morgan fingerprint density at radius 1 is 1.36 bits per heavy atom. The van der Waals surface area contributed by atoms with Gasteiger partial charge in [-0.15, -0.1) is 0 Å². The van der Waals surface area contributed by atoms with Crippen LogP contribution in [0.15, 0.2) is 10.6 Å². The molecule has 2 fully saturated rings. The fraction of sp³-hybridized carbons (Fsp3) is 0.789. The smallest absolute Gasteiger partial charge is 0.227 e. The third-order valence-electron chi connectivity index (χ3n) is 5.43. The molecule has 3 rings (SSSR count). The second-order valence-electron chi connectivity index (χ2n) is 7.75. The maximum absolute atomic E-state index is 12.9. The second-order valence-corrected chi connectivity index (χ2v) is 7.75.